The van der Waals surface area contributed by atoms with Crippen molar-refractivity contribution in [2.24, 2.45) is 11.8 Å². The van der Waals surface area contributed by atoms with Crippen LogP contribution in [-0.4, -0.2) is 19.6 Å². The van der Waals surface area contributed by atoms with Crippen LogP contribution < -0.4 is 10.2 Å². The molecule has 1 aliphatic rings. The highest BCUT2D eigenvalue weighted by molar-refractivity contribution is 5.48. The molecule has 21 heavy (non-hydrogen) atoms. The second-order valence-corrected chi connectivity index (χ2v) is 6.86. The van der Waals surface area contributed by atoms with Gasteiger partial charge in [0.25, 0.3) is 0 Å². The molecule has 0 bridgehead atoms. The van der Waals surface area contributed by atoms with Gasteiger partial charge in [-0.25, -0.2) is 0 Å². The lowest BCUT2D eigenvalue weighted by Gasteiger charge is -2.36. The molecule has 1 aromatic rings. The van der Waals surface area contributed by atoms with E-state index < -0.39 is 0 Å². The van der Waals surface area contributed by atoms with Gasteiger partial charge in [0.1, 0.15) is 0 Å². The molecule has 1 saturated heterocycles. The summed E-state index contributed by atoms with van der Waals surface area (Å²) < 4.78 is 0. The van der Waals surface area contributed by atoms with Crippen LogP contribution in [0.1, 0.15) is 58.6 Å². The SMILES string of the molecule is CCCNC(CC)c1ccc(N2CC(C)CC(C)C2)cc1. The number of nitrogens with zero attached hydrogens (tertiary/aromatic N) is 1. The van der Waals surface area contributed by atoms with E-state index >= 15 is 0 Å². The number of hydrogen-bond acceptors (Lipinski definition) is 2. The molecule has 0 spiro atoms. The Morgan fingerprint density at radius 3 is 2.24 bits per heavy atom. The monoisotopic (exact) mass is 288 g/mol. The molecule has 0 amide bonds. The molecular weight excluding hydrogens is 256 g/mol. The Balaban J connectivity index is 2.03. The minimum Gasteiger partial charge on any atom is -0.371 e. The molecule has 0 radical (unpaired) electrons. The van der Waals surface area contributed by atoms with E-state index in [9.17, 15) is 0 Å². The lowest BCUT2D eigenvalue weighted by atomic mass is 9.91. The first-order valence-electron chi connectivity index (χ1n) is 8.72. The summed E-state index contributed by atoms with van der Waals surface area (Å²) in [5, 5.41) is 3.63. The molecule has 1 heterocycles. The van der Waals surface area contributed by atoms with E-state index in [0.717, 1.165) is 24.8 Å². The van der Waals surface area contributed by atoms with Crippen LogP contribution in [0.15, 0.2) is 24.3 Å². The molecule has 0 aromatic heterocycles. The standard InChI is InChI=1S/C19H32N2/c1-5-11-20-19(6-2)17-7-9-18(10-8-17)21-13-15(3)12-16(4)14-21/h7-10,15-16,19-20H,5-6,11-14H2,1-4H3. The minimum atomic E-state index is 0.498. The van der Waals surface area contributed by atoms with Gasteiger partial charge >= 0.3 is 0 Å². The van der Waals surface area contributed by atoms with Crippen LogP contribution in [0.5, 0.6) is 0 Å². The summed E-state index contributed by atoms with van der Waals surface area (Å²) in [5.74, 6) is 1.62. The van der Waals surface area contributed by atoms with Crippen LogP contribution in [0.3, 0.4) is 0 Å². The third-order valence-electron chi connectivity index (χ3n) is 4.58. The van der Waals surface area contributed by atoms with Crippen molar-refractivity contribution in [3.05, 3.63) is 29.8 Å². The summed E-state index contributed by atoms with van der Waals surface area (Å²) in [4.78, 5) is 2.56. The van der Waals surface area contributed by atoms with E-state index in [2.05, 4.69) is 62.2 Å². The number of nitrogens with one attached hydrogen (secondary N) is 1. The van der Waals surface area contributed by atoms with Crippen LogP contribution in [-0.2, 0) is 0 Å². The quantitative estimate of drug-likeness (QED) is 0.821. The lowest BCUT2D eigenvalue weighted by Crippen LogP contribution is -2.38. The maximum atomic E-state index is 3.63. The molecule has 3 unspecified atom stereocenters. The van der Waals surface area contributed by atoms with Gasteiger partial charge in [0.2, 0.25) is 0 Å². The molecular formula is C19H32N2. The fourth-order valence-corrected chi connectivity index (χ4v) is 3.61. The fraction of sp³-hybridized carbons (Fsp3) is 0.684. The molecule has 3 atom stereocenters. The van der Waals surface area contributed by atoms with Crippen molar-refractivity contribution in [2.45, 2.75) is 53.0 Å². The smallest absolute Gasteiger partial charge is 0.0366 e. The third kappa shape index (κ3) is 4.47. The van der Waals surface area contributed by atoms with Crippen molar-refractivity contribution in [3.63, 3.8) is 0 Å². The van der Waals surface area contributed by atoms with Gasteiger partial charge in [-0.15, -0.1) is 0 Å². The first kappa shape index (κ1) is 16.4. The average Bonchev–Trinajstić information content (AvgIpc) is 2.47. The van der Waals surface area contributed by atoms with Gasteiger partial charge < -0.3 is 10.2 Å². The van der Waals surface area contributed by atoms with Crippen molar-refractivity contribution in [3.8, 4) is 0 Å². The molecule has 0 saturated carbocycles. The number of anilines is 1. The van der Waals surface area contributed by atoms with E-state index in [0.29, 0.717) is 6.04 Å². The zero-order chi connectivity index (χ0) is 15.2. The zero-order valence-corrected chi connectivity index (χ0v) is 14.2. The van der Waals surface area contributed by atoms with E-state index in [4.69, 9.17) is 0 Å². The minimum absolute atomic E-state index is 0.498. The highest BCUT2D eigenvalue weighted by Gasteiger charge is 2.22. The van der Waals surface area contributed by atoms with Gasteiger partial charge in [0.05, 0.1) is 0 Å². The number of rotatable bonds is 6. The Morgan fingerprint density at radius 2 is 1.71 bits per heavy atom. The average molecular weight is 288 g/mol. The lowest BCUT2D eigenvalue weighted by molar-refractivity contribution is 0.357. The molecule has 2 rings (SSSR count). The van der Waals surface area contributed by atoms with Crippen LogP contribution in [0.2, 0.25) is 0 Å². The largest absolute Gasteiger partial charge is 0.371 e. The topological polar surface area (TPSA) is 15.3 Å². The summed E-state index contributed by atoms with van der Waals surface area (Å²) in [6.45, 7) is 12.7. The highest BCUT2D eigenvalue weighted by atomic mass is 15.1. The van der Waals surface area contributed by atoms with Crippen LogP contribution >= 0.6 is 0 Å². The summed E-state index contributed by atoms with van der Waals surface area (Å²) in [5.41, 5.74) is 2.82. The molecule has 0 aliphatic carbocycles. The summed E-state index contributed by atoms with van der Waals surface area (Å²) in [7, 11) is 0. The molecule has 2 nitrogen and oxygen atoms in total. The normalized spacial score (nSPS) is 24.1. The predicted octanol–water partition coefficient (Wildman–Crippen LogP) is 4.62. The molecule has 1 aliphatic heterocycles. The van der Waals surface area contributed by atoms with E-state index in [-0.39, 0.29) is 0 Å². The molecule has 1 N–H and O–H groups in total. The molecule has 1 aromatic carbocycles. The second kappa shape index (κ2) is 7.84. The number of hydrogen-bond donors (Lipinski definition) is 1. The van der Waals surface area contributed by atoms with Crippen LogP contribution in [0, 0.1) is 11.8 Å². The van der Waals surface area contributed by atoms with Gasteiger partial charge in [-0.05, 0) is 55.3 Å². The maximum absolute atomic E-state index is 3.63. The highest BCUT2D eigenvalue weighted by Crippen LogP contribution is 2.27. The summed E-state index contributed by atoms with van der Waals surface area (Å²) >= 11 is 0. The van der Waals surface area contributed by atoms with Crippen molar-refractivity contribution < 1.29 is 0 Å². The Bertz CT molecular complexity index is 402. The van der Waals surface area contributed by atoms with Gasteiger partial charge in [-0.1, -0.05) is 39.8 Å². The fourth-order valence-electron chi connectivity index (χ4n) is 3.61. The molecule has 2 heteroatoms. The van der Waals surface area contributed by atoms with Crippen molar-refractivity contribution in [1.82, 2.24) is 5.32 Å². The van der Waals surface area contributed by atoms with Gasteiger partial charge in [-0.3, -0.25) is 0 Å². The third-order valence-corrected chi connectivity index (χ3v) is 4.58. The Labute approximate surface area is 130 Å². The maximum Gasteiger partial charge on any atom is 0.0366 e. The second-order valence-electron chi connectivity index (χ2n) is 6.86. The summed E-state index contributed by atoms with van der Waals surface area (Å²) in [6.07, 6.45) is 3.71. The van der Waals surface area contributed by atoms with Gasteiger partial charge in [-0.2, -0.15) is 0 Å². The van der Waals surface area contributed by atoms with Crippen molar-refractivity contribution >= 4 is 5.69 Å². The van der Waals surface area contributed by atoms with Crippen LogP contribution in [0.4, 0.5) is 5.69 Å². The van der Waals surface area contributed by atoms with Gasteiger partial charge in [0, 0.05) is 24.8 Å². The van der Waals surface area contributed by atoms with E-state index in [1.54, 1.807) is 0 Å². The van der Waals surface area contributed by atoms with Gasteiger partial charge in [0.15, 0.2) is 0 Å². The van der Waals surface area contributed by atoms with E-state index in [1.807, 2.05) is 0 Å². The summed E-state index contributed by atoms with van der Waals surface area (Å²) in [6, 6.07) is 9.76. The first-order chi connectivity index (χ1) is 10.1. The molecule has 118 valence electrons. The van der Waals surface area contributed by atoms with Crippen molar-refractivity contribution in [2.75, 3.05) is 24.5 Å². The zero-order valence-electron chi connectivity index (χ0n) is 14.2. The van der Waals surface area contributed by atoms with Crippen LogP contribution in [0.25, 0.3) is 0 Å². The predicted molar refractivity (Wildman–Crippen MR) is 92.9 cm³/mol. The Morgan fingerprint density at radius 1 is 1.10 bits per heavy atom. The van der Waals surface area contributed by atoms with E-state index in [1.165, 1.54) is 37.2 Å². The number of piperidine rings is 1. The molecule has 1 fully saturated rings. The Kier molecular flexibility index (Phi) is 6.10. The Hall–Kier alpha value is -1.02. The van der Waals surface area contributed by atoms with Crippen molar-refractivity contribution in [1.29, 1.82) is 0 Å². The first-order valence-corrected chi connectivity index (χ1v) is 8.72. The number of benzene rings is 1.